The number of fused-ring (bicyclic) bond motifs is 1. The lowest BCUT2D eigenvalue weighted by Gasteiger charge is -2.00. The Morgan fingerprint density at radius 1 is 1.67 bits per heavy atom. The molecule has 0 saturated heterocycles. The number of nitrogens with zero attached hydrogens (tertiary/aromatic N) is 2. The molecule has 0 aliphatic rings. The number of nitrogens with one attached hydrogen (secondary N) is 1. The summed E-state index contributed by atoms with van der Waals surface area (Å²) >= 11 is 0. The summed E-state index contributed by atoms with van der Waals surface area (Å²) in [6.07, 6.45) is 1.59. The predicted molar refractivity (Wildman–Crippen MR) is 42.4 cm³/mol. The van der Waals surface area contributed by atoms with Crippen LogP contribution in [0.5, 0.6) is 5.88 Å². The fourth-order valence-electron chi connectivity index (χ4n) is 1.05. The predicted octanol–water partition coefficient (Wildman–Crippen LogP) is 0.0312. The molecule has 2 aromatic heterocycles. The van der Waals surface area contributed by atoms with Crippen LogP contribution in [-0.4, -0.2) is 21.7 Å². The molecule has 2 heterocycles. The maximum absolute atomic E-state index is 11.0. The van der Waals surface area contributed by atoms with E-state index < -0.39 is 0 Å². The largest absolute Gasteiger partial charge is 0.481 e. The molecule has 0 aliphatic heterocycles. The minimum atomic E-state index is -0.195. The number of methoxy groups -OCH3 is 1. The molecule has 0 saturated carbocycles. The van der Waals surface area contributed by atoms with E-state index in [9.17, 15) is 4.79 Å². The first-order chi connectivity index (χ1) is 5.81. The Morgan fingerprint density at radius 2 is 2.50 bits per heavy atom. The first kappa shape index (κ1) is 6.90. The van der Waals surface area contributed by atoms with E-state index in [-0.39, 0.29) is 5.56 Å². The van der Waals surface area contributed by atoms with Gasteiger partial charge < -0.3 is 9.72 Å². The summed E-state index contributed by atoms with van der Waals surface area (Å²) in [5.41, 5.74) is 0.430. The highest BCUT2D eigenvalue weighted by Crippen LogP contribution is 2.06. The summed E-state index contributed by atoms with van der Waals surface area (Å²) in [4.78, 5) is 13.6. The van der Waals surface area contributed by atoms with E-state index in [4.69, 9.17) is 4.74 Å². The zero-order valence-corrected chi connectivity index (χ0v) is 6.44. The smallest absolute Gasteiger partial charge is 0.254 e. The third-order valence-corrected chi connectivity index (χ3v) is 1.57. The number of aromatic nitrogens is 3. The Bertz CT molecular complexity index is 457. The Kier molecular flexibility index (Phi) is 1.36. The van der Waals surface area contributed by atoms with Crippen LogP contribution in [-0.2, 0) is 0 Å². The molecule has 0 atom stereocenters. The molecule has 5 nitrogen and oxygen atoms in total. The van der Waals surface area contributed by atoms with Crippen molar-refractivity contribution < 1.29 is 4.74 Å². The van der Waals surface area contributed by atoms with Crippen molar-refractivity contribution in [1.82, 2.24) is 14.6 Å². The maximum Gasteiger partial charge on any atom is 0.254 e. The standard InChI is InChI=1S/C7H7N3O2/c1-12-7-4-6(11)9-5-2-3-8-10(5)7/h2-4H,1H3,(H,9,11). The van der Waals surface area contributed by atoms with Crippen molar-refractivity contribution >= 4 is 5.65 Å². The van der Waals surface area contributed by atoms with E-state index >= 15 is 0 Å². The van der Waals surface area contributed by atoms with Crippen molar-refractivity contribution in [2.45, 2.75) is 0 Å². The highest BCUT2D eigenvalue weighted by atomic mass is 16.5. The number of hydrogen-bond donors (Lipinski definition) is 1. The zero-order chi connectivity index (χ0) is 8.55. The average molecular weight is 165 g/mol. The van der Waals surface area contributed by atoms with Crippen LogP contribution in [0.15, 0.2) is 23.1 Å². The number of rotatable bonds is 1. The number of H-pyrrole nitrogens is 1. The molecule has 62 valence electrons. The number of hydrogen-bond acceptors (Lipinski definition) is 3. The summed E-state index contributed by atoms with van der Waals surface area (Å²) in [6.45, 7) is 0. The Balaban J connectivity index is 2.89. The van der Waals surface area contributed by atoms with Crippen LogP contribution >= 0.6 is 0 Å². The van der Waals surface area contributed by atoms with E-state index in [0.717, 1.165) is 0 Å². The second-order valence-electron chi connectivity index (χ2n) is 2.30. The van der Waals surface area contributed by atoms with Gasteiger partial charge in [0.25, 0.3) is 5.56 Å². The van der Waals surface area contributed by atoms with Crippen LogP contribution in [0.2, 0.25) is 0 Å². The van der Waals surface area contributed by atoms with Crippen LogP contribution < -0.4 is 10.3 Å². The normalized spacial score (nSPS) is 10.4. The second-order valence-corrected chi connectivity index (χ2v) is 2.30. The monoisotopic (exact) mass is 165 g/mol. The third kappa shape index (κ3) is 0.868. The molecule has 12 heavy (non-hydrogen) atoms. The lowest BCUT2D eigenvalue weighted by atomic mass is 10.6. The highest BCUT2D eigenvalue weighted by Gasteiger charge is 2.01. The Labute approximate surface area is 67.6 Å². The fourth-order valence-corrected chi connectivity index (χ4v) is 1.05. The average Bonchev–Trinajstić information content (AvgIpc) is 2.50. The molecule has 2 rings (SSSR count). The van der Waals surface area contributed by atoms with Gasteiger partial charge in [-0.05, 0) is 0 Å². The maximum atomic E-state index is 11.0. The molecule has 0 fully saturated rings. The van der Waals surface area contributed by atoms with Crippen LogP contribution in [0.1, 0.15) is 0 Å². The zero-order valence-electron chi connectivity index (χ0n) is 6.44. The second kappa shape index (κ2) is 2.37. The molecule has 2 aromatic rings. The summed E-state index contributed by atoms with van der Waals surface area (Å²) in [7, 11) is 1.50. The van der Waals surface area contributed by atoms with Gasteiger partial charge in [0.1, 0.15) is 5.65 Å². The quantitative estimate of drug-likeness (QED) is 0.648. The summed E-state index contributed by atoms with van der Waals surface area (Å²) in [5.74, 6) is 0.429. The van der Waals surface area contributed by atoms with Gasteiger partial charge in [0.15, 0.2) is 0 Å². The molecular weight excluding hydrogens is 158 g/mol. The van der Waals surface area contributed by atoms with Gasteiger partial charge in [0.05, 0.1) is 19.4 Å². The first-order valence-electron chi connectivity index (χ1n) is 3.42. The topological polar surface area (TPSA) is 59.4 Å². The minimum absolute atomic E-state index is 0.195. The molecule has 0 spiro atoms. The lowest BCUT2D eigenvalue weighted by Crippen LogP contribution is -2.09. The van der Waals surface area contributed by atoms with Crippen molar-refractivity contribution in [3.63, 3.8) is 0 Å². The molecule has 0 aliphatic carbocycles. The van der Waals surface area contributed by atoms with Crippen molar-refractivity contribution in [2.24, 2.45) is 0 Å². The van der Waals surface area contributed by atoms with E-state index in [0.29, 0.717) is 11.5 Å². The molecule has 0 amide bonds. The van der Waals surface area contributed by atoms with Crippen molar-refractivity contribution in [1.29, 1.82) is 0 Å². The van der Waals surface area contributed by atoms with Crippen molar-refractivity contribution in [2.75, 3.05) is 7.11 Å². The molecule has 1 N–H and O–H groups in total. The van der Waals surface area contributed by atoms with Gasteiger partial charge >= 0.3 is 0 Å². The Morgan fingerprint density at radius 3 is 3.25 bits per heavy atom. The van der Waals surface area contributed by atoms with Crippen LogP contribution in [0.3, 0.4) is 0 Å². The van der Waals surface area contributed by atoms with Crippen molar-refractivity contribution in [3.05, 3.63) is 28.7 Å². The van der Waals surface area contributed by atoms with Crippen LogP contribution in [0.25, 0.3) is 5.65 Å². The minimum Gasteiger partial charge on any atom is -0.481 e. The summed E-state index contributed by atoms with van der Waals surface area (Å²) in [6, 6.07) is 3.05. The van der Waals surface area contributed by atoms with Gasteiger partial charge in [0.2, 0.25) is 5.88 Å². The molecular formula is C7H7N3O2. The highest BCUT2D eigenvalue weighted by molar-refractivity contribution is 5.38. The van der Waals surface area contributed by atoms with Gasteiger partial charge in [-0.25, -0.2) is 0 Å². The molecule has 0 bridgehead atoms. The molecule has 0 radical (unpaired) electrons. The number of aromatic amines is 1. The van der Waals surface area contributed by atoms with E-state index in [2.05, 4.69) is 10.1 Å². The molecule has 0 unspecified atom stereocenters. The first-order valence-corrected chi connectivity index (χ1v) is 3.42. The van der Waals surface area contributed by atoms with Gasteiger partial charge in [-0.3, -0.25) is 4.79 Å². The fraction of sp³-hybridized carbons (Fsp3) is 0.143. The molecule has 0 aromatic carbocycles. The van der Waals surface area contributed by atoms with Crippen LogP contribution in [0, 0.1) is 0 Å². The third-order valence-electron chi connectivity index (χ3n) is 1.57. The summed E-state index contributed by atoms with van der Waals surface area (Å²) in [5, 5.41) is 3.95. The SMILES string of the molecule is COc1cc(=O)[nH]c2ccnn12. The molecule has 5 heteroatoms. The van der Waals surface area contributed by atoms with Gasteiger partial charge in [0, 0.05) is 6.07 Å². The lowest BCUT2D eigenvalue weighted by molar-refractivity contribution is 0.384. The Hall–Kier alpha value is -1.78. The van der Waals surface area contributed by atoms with E-state index in [1.54, 1.807) is 12.3 Å². The van der Waals surface area contributed by atoms with Gasteiger partial charge in [-0.1, -0.05) is 0 Å². The van der Waals surface area contributed by atoms with Gasteiger partial charge in [-0.15, -0.1) is 0 Å². The van der Waals surface area contributed by atoms with Gasteiger partial charge in [-0.2, -0.15) is 9.61 Å². The number of ether oxygens (including phenoxy) is 1. The van der Waals surface area contributed by atoms with E-state index in [1.165, 1.54) is 17.7 Å². The van der Waals surface area contributed by atoms with Crippen LogP contribution in [0.4, 0.5) is 0 Å². The van der Waals surface area contributed by atoms with E-state index in [1.807, 2.05) is 0 Å². The summed E-state index contributed by atoms with van der Waals surface area (Å²) < 4.78 is 6.46. The van der Waals surface area contributed by atoms with Crippen molar-refractivity contribution in [3.8, 4) is 5.88 Å².